The number of methoxy groups -OCH3 is 1. The number of rotatable bonds is 6. The Bertz CT molecular complexity index is 1540. The predicted octanol–water partition coefficient (Wildman–Crippen LogP) is 3.42. The number of aromatic nitrogens is 3. The van der Waals surface area contributed by atoms with Crippen molar-refractivity contribution in [3.8, 4) is 17.2 Å². The number of nitrogens with zero attached hydrogens (tertiary/aromatic N) is 4. The molecular weight excluding hydrogens is 517 g/mol. The van der Waals surface area contributed by atoms with Gasteiger partial charge in [0.1, 0.15) is 22.7 Å². The Kier molecular flexibility index (Phi) is 6.91. The molecule has 5 rings (SSSR count). The summed E-state index contributed by atoms with van der Waals surface area (Å²) < 4.78 is 50.9. The maximum Gasteiger partial charge on any atom is 0.433 e. The standard InChI is InChI=1S/C26H23F3N6O4/c1-38-18-7-5-16(15-6-8-20(26(27,28)29)33-21(15)18)24-34-22(19(12-30)39-24)25(37)35-11-9-14(13-35)32-23(36)17-4-2-3-10-31-17/h2-8,10,14H,9,11-13,30H2,1H3,(H,32,36)/t14-/m0/s1. The third-order valence-corrected chi connectivity index (χ3v) is 6.35. The summed E-state index contributed by atoms with van der Waals surface area (Å²) in [7, 11) is 1.33. The molecule has 1 aliphatic heterocycles. The van der Waals surface area contributed by atoms with Gasteiger partial charge in [0.25, 0.3) is 11.8 Å². The quantitative estimate of drug-likeness (QED) is 0.380. The number of likely N-dealkylation sites (tertiary alicyclic amines) is 1. The zero-order chi connectivity index (χ0) is 27.7. The largest absolute Gasteiger partial charge is 0.494 e. The normalized spacial score (nSPS) is 15.5. The number of fused-ring (bicyclic) bond motifs is 1. The number of carbonyl (C=O) groups is 2. The summed E-state index contributed by atoms with van der Waals surface area (Å²) in [4.78, 5) is 39.5. The molecule has 1 aromatic carbocycles. The van der Waals surface area contributed by atoms with Crippen molar-refractivity contribution in [1.82, 2.24) is 25.2 Å². The molecule has 0 radical (unpaired) electrons. The van der Waals surface area contributed by atoms with Gasteiger partial charge in [0.15, 0.2) is 11.5 Å². The number of hydrogen-bond donors (Lipinski definition) is 2. The molecule has 2 amide bonds. The van der Waals surface area contributed by atoms with Crippen LogP contribution in [0.1, 0.15) is 38.9 Å². The van der Waals surface area contributed by atoms with E-state index in [1.165, 1.54) is 30.3 Å². The number of amides is 2. The summed E-state index contributed by atoms with van der Waals surface area (Å²) in [5.74, 6) is -0.505. The number of hydrogen-bond acceptors (Lipinski definition) is 8. The Morgan fingerprint density at radius 1 is 1.18 bits per heavy atom. The second-order valence-electron chi connectivity index (χ2n) is 8.83. The van der Waals surface area contributed by atoms with E-state index in [2.05, 4.69) is 20.3 Å². The van der Waals surface area contributed by atoms with Gasteiger partial charge in [-0.25, -0.2) is 9.97 Å². The molecule has 1 fully saturated rings. The summed E-state index contributed by atoms with van der Waals surface area (Å²) in [6.07, 6.45) is -2.59. The van der Waals surface area contributed by atoms with Gasteiger partial charge in [-0.2, -0.15) is 13.2 Å². The van der Waals surface area contributed by atoms with E-state index in [4.69, 9.17) is 14.9 Å². The summed E-state index contributed by atoms with van der Waals surface area (Å²) >= 11 is 0. The second-order valence-corrected chi connectivity index (χ2v) is 8.83. The molecular formula is C26H23F3N6O4. The molecule has 4 heterocycles. The molecule has 1 saturated heterocycles. The molecule has 0 saturated carbocycles. The summed E-state index contributed by atoms with van der Waals surface area (Å²) in [6.45, 7) is 0.485. The minimum absolute atomic E-state index is 0.00644. The van der Waals surface area contributed by atoms with E-state index in [1.807, 2.05) is 0 Å². The Balaban J connectivity index is 1.41. The molecule has 10 nitrogen and oxygen atoms in total. The van der Waals surface area contributed by atoms with Crippen LogP contribution in [-0.2, 0) is 12.7 Å². The highest BCUT2D eigenvalue weighted by Gasteiger charge is 2.34. The topological polar surface area (TPSA) is 136 Å². The lowest BCUT2D eigenvalue weighted by atomic mass is 10.1. The van der Waals surface area contributed by atoms with E-state index < -0.39 is 17.8 Å². The third-order valence-electron chi connectivity index (χ3n) is 6.35. The molecule has 1 aliphatic rings. The van der Waals surface area contributed by atoms with Gasteiger partial charge in [0.2, 0.25) is 5.89 Å². The van der Waals surface area contributed by atoms with Crippen LogP contribution in [0.2, 0.25) is 0 Å². The number of alkyl halides is 3. The smallest absolute Gasteiger partial charge is 0.433 e. The molecule has 3 N–H and O–H groups in total. The fourth-order valence-electron chi connectivity index (χ4n) is 4.44. The maximum atomic E-state index is 13.4. The Hall–Kier alpha value is -4.52. The monoisotopic (exact) mass is 540 g/mol. The van der Waals surface area contributed by atoms with Gasteiger partial charge in [-0.15, -0.1) is 0 Å². The number of ether oxygens (including phenoxy) is 1. The lowest BCUT2D eigenvalue weighted by Gasteiger charge is -2.16. The number of nitrogens with two attached hydrogens (primary N) is 1. The molecule has 0 bridgehead atoms. The van der Waals surface area contributed by atoms with Gasteiger partial charge in [0, 0.05) is 36.3 Å². The van der Waals surface area contributed by atoms with E-state index in [0.29, 0.717) is 23.9 Å². The predicted molar refractivity (Wildman–Crippen MR) is 133 cm³/mol. The molecule has 13 heteroatoms. The molecule has 3 aromatic heterocycles. The summed E-state index contributed by atoms with van der Waals surface area (Å²) in [6, 6.07) is 9.86. The van der Waals surface area contributed by atoms with E-state index in [1.54, 1.807) is 24.3 Å². The number of oxazole rings is 1. The van der Waals surface area contributed by atoms with Gasteiger partial charge in [-0.3, -0.25) is 14.6 Å². The first-order chi connectivity index (χ1) is 18.7. The molecule has 202 valence electrons. The fraction of sp³-hybridized carbons (Fsp3) is 0.269. The van der Waals surface area contributed by atoms with Crippen molar-refractivity contribution >= 4 is 22.7 Å². The number of pyridine rings is 2. The van der Waals surface area contributed by atoms with Gasteiger partial charge >= 0.3 is 6.18 Å². The Labute approximate surface area is 220 Å². The van der Waals surface area contributed by atoms with Crippen molar-refractivity contribution in [3.05, 3.63) is 71.5 Å². The fourth-order valence-corrected chi connectivity index (χ4v) is 4.44. The number of nitrogens with one attached hydrogen (secondary N) is 1. The van der Waals surface area contributed by atoms with Crippen LogP contribution in [0.15, 0.2) is 53.1 Å². The van der Waals surface area contributed by atoms with E-state index in [9.17, 15) is 22.8 Å². The maximum absolute atomic E-state index is 13.4. The van der Waals surface area contributed by atoms with Crippen LogP contribution in [0.25, 0.3) is 22.4 Å². The first-order valence-electron chi connectivity index (χ1n) is 12.0. The van der Waals surface area contributed by atoms with Gasteiger partial charge in [-0.1, -0.05) is 6.07 Å². The highest BCUT2D eigenvalue weighted by molar-refractivity contribution is 5.98. The van der Waals surface area contributed by atoms with Crippen LogP contribution in [-0.4, -0.2) is 57.9 Å². The van der Waals surface area contributed by atoms with Crippen molar-refractivity contribution < 1.29 is 31.9 Å². The van der Waals surface area contributed by atoms with Gasteiger partial charge in [0.05, 0.1) is 13.7 Å². The van der Waals surface area contributed by atoms with Crippen molar-refractivity contribution in [1.29, 1.82) is 0 Å². The van der Waals surface area contributed by atoms with Crippen molar-refractivity contribution in [2.24, 2.45) is 5.73 Å². The van der Waals surface area contributed by atoms with Crippen LogP contribution in [0.4, 0.5) is 13.2 Å². The summed E-state index contributed by atoms with van der Waals surface area (Å²) in [5.41, 5.74) is 5.32. The SMILES string of the molecule is COc1ccc(-c2nc(C(=O)N3CC[C@H](NC(=O)c4ccccn4)C3)c(CN)o2)c2ccc(C(F)(F)F)nc12. The molecule has 0 unspecified atom stereocenters. The second kappa shape index (κ2) is 10.3. The van der Waals surface area contributed by atoms with Gasteiger partial charge < -0.3 is 25.1 Å². The zero-order valence-electron chi connectivity index (χ0n) is 20.7. The first-order valence-corrected chi connectivity index (χ1v) is 12.0. The average molecular weight is 541 g/mol. The average Bonchev–Trinajstić information content (AvgIpc) is 3.59. The van der Waals surface area contributed by atoms with Crippen LogP contribution in [0, 0.1) is 0 Å². The number of carbonyl (C=O) groups excluding carboxylic acids is 2. The van der Waals surface area contributed by atoms with Crippen LogP contribution in [0.3, 0.4) is 0 Å². The van der Waals surface area contributed by atoms with Crippen molar-refractivity contribution in [2.45, 2.75) is 25.2 Å². The third kappa shape index (κ3) is 5.12. The van der Waals surface area contributed by atoms with Gasteiger partial charge in [-0.05, 0) is 42.8 Å². The zero-order valence-corrected chi connectivity index (χ0v) is 20.7. The van der Waals surface area contributed by atoms with Crippen molar-refractivity contribution in [3.63, 3.8) is 0 Å². The molecule has 39 heavy (non-hydrogen) atoms. The molecule has 0 spiro atoms. The number of benzene rings is 1. The van der Waals surface area contributed by atoms with Crippen LogP contribution in [0.5, 0.6) is 5.75 Å². The first kappa shape index (κ1) is 26.1. The lowest BCUT2D eigenvalue weighted by Crippen LogP contribution is -2.39. The van der Waals surface area contributed by atoms with E-state index in [-0.39, 0.29) is 59.3 Å². The van der Waals surface area contributed by atoms with Crippen LogP contribution >= 0.6 is 0 Å². The molecule has 0 aliphatic carbocycles. The molecule has 4 aromatic rings. The lowest BCUT2D eigenvalue weighted by molar-refractivity contribution is -0.140. The highest BCUT2D eigenvalue weighted by atomic mass is 19.4. The highest BCUT2D eigenvalue weighted by Crippen LogP contribution is 2.37. The van der Waals surface area contributed by atoms with E-state index >= 15 is 0 Å². The minimum atomic E-state index is -4.64. The summed E-state index contributed by atoms with van der Waals surface area (Å²) in [5, 5.41) is 3.17. The van der Waals surface area contributed by atoms with Crippen molar-refractivity contribution in [2.75, 3.05) is 20.2 Å². The number of halogens is 3. The Morgan fingerprint density at radius 2 is 2.00 bits per heavy atom. The van der Waals surface area contributed by atoms with Crippen LogP contribution < -0.4 is 15.8 Å². The van der Waals surface area contributed by atoms with E-state index in [0.717, 1.165) is 6.07 Å². The minimum Gasteiger partial charge on any atom is -0.494 e. The Morgan fingerprint density at radius 3 is 2.69 bits per heavy atom. The molecule has 1 atom stereocenters.